The predicted molar refractivity (Wildman–Crippen MR) is 112 cm³/mol. The van der Waals surface area contributed by atoms with Gasteiger partial charge in [-0.15, -0.1) is 0 Å². The van der Waals surface area contributed by atoms with Crippen molar-refractivity contribution in [1.82, 2.24) is 5.32 Å². The summed E-state index contributed by atoms with van der Waals surface area (Å²) in [5.41, 5.74) is 0.723. The van der Waals surface area contributed by atoms with Crippen LogP contribution in [0.1, 0.15) is 45.1 Å². The molecule has 0 spiro atoms. The summed E-state index contributed by atoms with van der Waals surface area (Å²) in [7, 11) is -3.37. The van der Waals surface area contributed by atoms with Gasteiger partial charge in [-0.25, -0.2) is 8.98 Å². The number of benzene rings is 1. The third kappa shape index (κ3) is 12.6. The maximum absolute atomic E-state index is 12.0. The number of ether oxygens (including phenoxy) is 3. The Balaban J connectivity index is 2.44. The molecule has 0 unspecified atom stereocenters. The lowest BCUT2D eigenvalue weighted by Crippen LogP contribution is -2.22. The normalized spacial score (nSPS) is 11.5. The molecule has 1 amide bonds. The van der Waals surface area contributed by atoms with E-state index in [9.17, 15) is 18.0 Å². The van der Waals surface area contributed by atoms with Crippen molar-refractivity contribution in [2.75, 3.05) is 13.9 Å². The van der Waals surface area contributed by atoms with Gasteiger partial charge >= 0.3 is 16.6 Å². The molecule has 0 saturated carbocycles. The molecule has 1 aromatic rings. The second-order valence-corrected chi connectivity index (χ2v) is 7.93. The van der Waals surface area contributed by atoms with Crippen molar-refractivity contribution >= 4 is 22.5 Å². The summed E-state index contributed by atoms with van der Waals surface area (Å²) in [5, 5.41) is 2.82. The van der Waals surface area contributed by atoms with Gasteiger partial charge in [0.05, 0.1) is 7.11 Å². The summed E-state index contributed by atoms with van der Waals surface area (Å²) in [6.45, 7) is 3.46. The van der Waals surface area contributed by atoms with Gasteiger partial charge in [-0.3, -0.25) is 9.35 Å². The van der Waals surface area contributed by atoms with E-state index in [1.165, 1.54) is 13.2 Å². The summed E-state index contributed by atoms with van der Waals surface area (Å²) in [5.74, 6) is 0.691. The molecule has 0 aromatic heterocycles. The number of amides is 1. The standard InChI is InChI=1S/C20H29NO9S/c1-15(2)8-6-4-5-7-9-19(22)21-13-16-10-11-17(18(12-16)27-3)30-20(23)28-14-29-31(24,25)26/h6,8,10-12,15H,4-5,7,9,13-14H2,1-3H3,(H,21,22)(H,24,25,26)/b8-6+. The molecular weight excluding hydrogens is 430 g/mol. The molecule has 10 nitrogen and oxygen atoms in total. The van der Waals surface area contributed by atoms with E-state index >= 15 is 0 Å². The van der Waals surface area contributed by atoms with Gasteiger partial charge in [-0.1, -0.05) is 32.1 Å². The Morgan fingerprint density at radius 1 is 1.19 bits per heavy atom. The van der Waals surface area contributed by atoms with E-state index in [4.69, 9.17) is 14.0 Å². The number of hydrogen-bond donors (Lipinski definition) is 2. The van der Waals surface area contributed by atoms with Crippen LogP contribution in [0.5, 0.6) is 11.5 Å². The van der Waals surface area contributed by atoms with Crippen LogP contribution in [0.3, 0.4) is 0 Å². The van der Waals surface area contributed by atoms with Crippen molar-refractivity contribution in [3.63, 3.8) is 0 Å². The summed E-state index contributed by atoms with van der Waals surface area (Å²) in [4.78, 5) is 23.5. The highest BCUT2D eigenvalue weighted by Gasteiger charge is 2.14. The van der Waals surface area contributed by atoms with Crippen LogP contribution in [0.4, 0.5) is 4.79 Å². The number of nitrogens with one attached hydrogen (secondary N) is 1. The van der Waals surface area contributed by atoms with Gasteiger partial charge in [0.2, 0.25) is 12.7 Å². The molecule has 1 rings (SSSR count). The molecule has 0 atom stereocenters. The predicted octanol–water partition coefficient (Wildman–Crippen LogP) is 3.38. The number of rotatable bonds is 13. The zero-order chi connectivity index (χ0) is 23.3. The molecule has 0 aliphatic carbocycles. The van der Waals surface area contributed by atoms with Crippen molar-refractivity contribution in [3.05, 3.63) is 35.9 Å². The van der Waals surface area contributed by atoms with E-state index in [1.54, 1.807) is 12.1 Å². The minimum absolute atomic E-state index is 0.0175. The van der Waals surface area contributed by atoms with Crippen LogP contribution in [0, 0.1) is 5.92 Å². The summed E-state index contributed by atoms with van der Waals surface area (Å²) < 4.78 is 47.4. The Hall–Kier alpha value is -2.63. The van der Waals surface area contributed by atoms with Gasteiger partial charge in [0, 0.05) is 13.0 Å². The topological polar surface area (TPSA) is 137 Å². The van der Waals surface area contributed by atoms with Gasteiger partial charge in [0.15, 0.2) is 11.5 Å². The van der Waals surface area contributed by atoms with Crippen LogP contribution >= 0.6 is 0 Å². The van der Waals surface area contributed by atoms with Crippen molar-refractivity contribution in [2.24, 2.45) is 5.92 Å². The Bertz CT molecular complexity index is 850. The largest absolute Gasteiger partial charge is 0.516 e. The number of carbonyl (C=O) groups is 2. The lowest BCUT2D eigenvalue weighted by Gasteiger charge is -2.11. The first-order chi connectivity index (χ1) is 14.6. The molecule has 174 valence electrons. The average Bonchev–Trinajstić information content (AvgIpc) is 2.68. The van der Waals surface area contributed by atoms with Gasteiger partial charge in [0.25, 0.3) is 0 Å². The van der Waals surface area contributed by atoms with E-state index in [0.29, 0.717) is 12.3 Å². The fourth-order valence-electron chi connectivity index (χ4n) is 2.36. The van der Waals surface area contributed by atoms with Gasteiger partial charge < -0.3 is 19.5 Å². The molecular formula is C20H29NO9S. The Labute approximate surface area is 182 Å². The first-order valence-electron chi connectivity index (χ1n) is 9.67. The Morgan fingerprint density at radius 2 is 1.94 bits per heavy atom. The number of hydrogen-bond acceptors (Lipinski definition) is 8. The number of carbonyl (C=O) groups excluding carboxylic acids is 2. The summed E-state index contributed by atoms with van der Waals surface area (Å²) in [6, 6.07) is 4.64. The second kappa shape index (κ2) is 13.6. The number of methoxy groups -OCH3 is 1. The molecule has 11 heteroatoms. The number of unbranched alkanes of at least 4 members (excludes halogenated alkanes) is 2. The van der Waals surface area contributed by atoms with Crippen LogP contribution in [-0.2, 0) is 30.7 Å². The quantitative estimate of drug-likeness (QED) is 0.113. The first-order valence-corrected chi connectivity index (χ1v) is 11.0. The van der Waals surface area contributed by atoms with E-state index in [2.05, 4.69) is 40.2 Å². The SMILES string of the molecule is COc1cc(CNC(=O)CCCC/C=C/C(C)C)ccc1OC(=O)OCOS(=O)(=O)O. The highest BCUT2D eigenvalue weighted by molar-refractivity contribution is 7.80. The van der Waals surface area contributed by atoms with Gasteiger partial charge in [-0.2, -0.15) is 8.42 Å². The molecule has 31 heavy (non-hydrogen) atoms. The van der Waals surface area contributed by atoms with Crippen molar-refractivity contribution in [2.45, 2.75) is 46.1 Å². The summed E-state index contributed by atoms with van der Waals surface area (Å²) in [6.07, 6.45) is 6.16. The zero-order valence-corrected chi connectivity index (χ0v) is 18.6. The smallest absolute Gasteiger partial charge is 0.493 e. The highest BCUT2D eigenvalue weighted by Crippen LogP contribution is 2.28. The maximum Gasteiger partial charge on any atom is 0.516 e. The molecule has 0 aliphatic heterocycles. The van der Waals surface area contributed by atoms with Gasteiger partial charge in [-0.05, 0) is 42.9 Å². The minimum atomic E-state index is -4.73. The lowest BCUT2D eigenvalue weighted by atomic mass is 10.1. The molecule has 1 aromatic carbocycles. The second-order valence-electron chi connectivity index (χ2n) is 6.84. The minimum Gasteiger partial charge on any atom is -0.493 e. The number of allylic oxidation sites excluding steroid dienone is 2. The molecule has 0 fully saturated rings. The Kier molecular flexibility index (Phi) is 11.6. The molecule has 0 bridgehead atoms. The van der Waals surface area contributed by atoms with Crippen molar-refractivity contribution in [1.29, 1.82) is 0 Å². The Morgan fingerprint density at radius 3 is 2.58 bits per heavy atom. The molecule has 0 heterocycles. The highest BCUT2D eigenvalue weighted by atomic mass is 32.3. The van der Waals surface area contributed by atoms with Crippen LogP contribution in [0.25, 0.3) is 0 Å². The fraction of sp³-hybridized carbons (Fsp3) is 0.500. The van der Waals surface area contributed by atoms with Crippen LogP contribution in [-0.4, -0.2) is 38.9 Å². The third-order valence-electron chi connectivity index (χ3n) is 3.83. The van der Waals surface area contributed by atoms with E-state index in [-0.39, 0.29) is 24.0 Å². The van der Waals surface area contributed by atoms with E-state index < -0.39 is 23.3 Å². The van der Waals surface area contributed by atoms with Crippen LogP contribution < -0.4 is 14.8 Å². The van der Waals surface area contributed by atoms with Crippen molar-refractivity contribution in [3.8, 4) is 11.5 Å². The molecule has 0 saturated heterocycles. The molecule has 0 aliphatic rings. The first kappa shape index (κ1) is 26.4. The van der Waals surface area contributed by atoms with Crippen LogP contribution in [0.15, 0.2) is 30.4 Å². The average molecular weight is 460 g/mol. The van der Waals surface area contributed by atoms with Gasteiger partial charge in [0.1, 0.15) is 0 Å². The fourth-order valence-corrected chi connectivity index (χ4v) is 2.53. The zero-order valence-electron chi connectivity index (χ0n) is 17.8. The monoisotopic (exact) mass is 459 g/mol. The van der Waals surface area contributed by atoms with Crippen LogP contribution in [0.2, 0.25) is 0 Å². The molecule has 0 radical (unpaired) electrons. The van der Waals surface area contributed by atoms with E-state index in [1.807, 2.05) is 0 Å². The van der Waals surface area contributed by atoms with Crippen molar-refractivity contribution < 1.29 is 41.0 Å². The third-order valence-corrected chi connectivity index (χ3v) is 4.22. The van der Waals surface area contributed by atoms with E-state index in [0.717, 1.165) is 24.8 Å². The summed E-state index contributed by atoms with van der Waals surface area (Å²) >= 11 is 0. The molecule has 2 N–H and O–H groups in total. The lowest BCUT2D eigenvalue weighted by molar-refractivity contribution is -0.121. The maximum atomic E-state index is 12.0.